The molecule has 0 amide bonds. The van der Waals surface area contributed by atoms with Crippen molar-refractivity contribution in [2.45, 2.75) is 61.3 Å². The molecule has 0 spiro atoms. The van der Waals surface area contributed by atoms with E-state index in [1.807, 2.05) is 0 Å². The zero-order valence-corrected chi connectivity index (χ0v) is 17.0. The fourth-order valence-corrected chi connectivity index (χ4v) is 2.65. The lowest BCUT2D eigenvalue weighted by Crippen LogP contribution is -2.44. The van der Waals surface area contributed by atoms with Crippen LogP contribution < -0.4 is 5.32 Å². The number of nitrogens with one attached hydrogen (secondary N) is 1. The number of likely N-dealkylation sites (N-methyl/N-ethyl adjacent to an activating group) is 1. The third-order valence-corrected chi connectivity index (χ3v) is 4.46. The zero-order valence-electron chi connectivity index (χ0n) is 17.0. The maximum atomic E-state index is 12.7. The van der Waals surface area contributed by atoms with Crippen molar-refractivity contribution in [1.29, 1.82) is 0 Å². The van der Waals surface area contributed by atoms with Gasteiger partial charge in [0.2, 0.25) is 0 Å². The molecule has 0 heterocycles. The summed E-state index contributed by atoms with van der Waals surface area (Å²) in [7, 11) is 4.12. The SMILES string of the molecule is CN(C)CCNCCCOC(=O)C(C)(CC(C)(C)C)C(C)(C)C. The summed E-state index contributed by atoms with van der Waals surface area (Å²) < 4.78 is 5.62. The largest absolute Gasteiger partial charge is 0.465 e. The van der Waals surface area contributed by atoms with E-state index in [4.69, 9.17) is 4.74 Å². The Kier molecular flexibility index (Phi) is 8.79. The van der Waals surface area contributed by atoms with Crippen molar-refractivity contribution in [1.82, 2.24) is 10.2 Å². The van der Waals surface area contributed by atoms with Crippen LogP contribution in [0.25, 0.3) is 0 Å². The Morgan fingerprint density at radius 2 is 1.57 bits per heavy atom. The van der Waals surface area contributed by atoms with Crippen LogP contribution in [0.3, 0.4) is 0 Å². The van der Waals surface area contributed by atoms with Gasteiger partial charge in [0.05, 0.1) is 12.0 Å². The Morgan fingerprint density at radius 3 is 2.00 bits per heavy atom. The lowest BCUT2D eigenvalue weighted by atomic mass is 9.61. The van der Waals surface area contributed by atoms with Gasteiger partial charge >= 0.3 is 5.97 Å². The molecule has 1 unspecified atom stereocenters. The molecule has 0 aromatic heterocycles. The highest BCUT2D eigenvalue weighted by Crippen LogP contribution is 2.47. The van der Waals surface area contributed by atoms with Crippen molar-refractivity contribution in [2.24, 2.45) is 16.2 Å². The summed E-state index contributed by atoms with van der Waals surface area (Å²) in [5.41, 5.74) is -0.500. The Balaban J connectivity index is 4.37. The maximum absolute atomic E-state index is 12.7. The number of hydrogen-bond donors (Lipinski definition) is 1. The van der Waals surface area contributed by atoms with Gasteiger partial charge in [0.25, 0.3) is 0 Å². The summed E-state index contributed by atoms with van der Waals surface area (Å²) in [6, 6.07) is 0. The van der Waals surface area contributed by atoms with Crippen LogP contribution in [0.15, 0.2) is 0 Å². The molecular weight excluding hydrogens is 288 g/mol. The van der Waals surface area contributed by atoms with Crippen LogP contribution in [-0.4, -0.2) is 51.2 Å². The molecule has 1 N–H and O–H groups in total. The third kappa shape index (κ3) is 8.71. The molecule has 0 radical (unpaired) electrons. The van der Waals surface area contributed by atoms with Gasteiger partial charge < -0.3 is 15.0 Å². The third-order valence-electron chi connectivity index (χ3n) is 4.46. The predicted octanol–water partition coefficient (Wildman–Crippen LogP) is 3.56. The number of nitrogens with zero attached hydrogens (tertiary/aromatic N) is 1. The highest BCUT2D eigenvalue weighted by Gasteiger charge is 2.47. The molecule has 0 aliphatic heterocycles. The first kappa shape index (κ1) is 22.4. The van der Waals surface area contributed by atoms with Gasteiger partial charge in [-0.15, -0.1) is 0 Å². The monoisotopic (exact) mass is 328 g/mol. The molecule has 23 heavy (non-hydrogen) atoms. The molecular formula is C19H40N2O2. The molecule has 0 fully saturated rings. The molecule has 0 aromatic rings. The van der Waals surface area contributed by atoms with Crippen LogP contribution >= 0.6 is 0 Å². The van der Waals surface area contributed by atoms with Crippen molar-refractivity contribution in [2.75, 3.05) is 40.3 Å². The molecule has 0 rings (SSSR count). The normalized spacial score (nSPS) is 15.6. The van der Waals surface area contributed by atoms with Crippen molar-refractivity contribution in [3.05, 3.63) is 0 Å². The number of hydrogen-bond acceptors (Lipinski definition) is 4. The Bertz CT molecular complexity index is 353. The van der Waals surface area contributed by atoms with E-state index >= 15 is 0 Å². The average Bonchev–Trinajstić information content (AvgIpc) is 2.33. The van der Waals surface area contributed by atoms with Gasteiger partial charge in [-0.25, -0.2) is 0 Å². The zero-order chi connectivity index (χ0) is 18.3. The first-order chi connectivity index (χ1) is 10.3. The summed E-state index contributed by atoms with van der Waals surface area (Å²) >= 11 is 0. The minimum absolute atomic E-state index is 0.0618. The molecule has 4 nitrogen and oxygen atoms in total. The molecule has 0 saturated heterocycles. The van der Waals surface area contributed by atoms with Crippen LogP contribution in [0.5, 0.6) is 0 Å². The van der Waals surface area contributed by atoms with Gasteiger partial charge in [0.1, 0.15) is 0 Å². The van der Waals surface area contributed by atoms with Crippen LogP contribution in [-0.2, 0) is 9.53 Å². The molecule has 1 atom stereocenters. The second kappa shape index (κ2) is 9.03. The number of carbonyl (C=O) groups is 1. The quantitative estimate of drug-likeness (QED) is 0.519. The highest BCUT2D eigenvalue weighted by atomic mass is 16.5. The van der Waals surface area contributed by atoms with E-state index < -0.39 is 5.41 Å². The van der Waals surface area contributed by atoms with Crippen molar-refractivity contribution < 1.29 is 9.53 Å². The number of ether oxygens (including phenoxy) is 1. The summed E-state index contributed by atoms with van der Waals surface area (Å²) in [6.07, 6.45) is 1.68. The molecule has 4 heteroatoms. The summed E-state index contributed by atoms with van der Waals surface area (Å²) in [5, 5.41) is 3.36. The average molecular weight is 329 g/mol. The minimum atomic E-state index is -0.469. The maximum Gasteiger partial charge on any atom is 0.312 e. The highest BCUT2D eigenvalue weighted by molar-refractivity contribution is 5.77. The Labute approximate surface area is 144 Å². The van der Waals surface area contributed by atoms with Gasteiger partial charge in [-0.05, 0) is 51.2 Å². The molecule has 138 valence electrons. The van der Waals surface area contributed by atoms with Crippen LogP contribution in [0, 0.1) is 16.2 Å². The van der Waals surface area contributed by atoms with Gasteiger partial charge in [-0.1, -0.05) is 41.5 Å². The molecule has 0 bridgehead atoms. The van der Waals surface area contributed by atoms with E-state index in [9.17, 15) is 4.79 Å². The number of rotatable bonds is 9. The van der Waals surface area contributed by atoms with Gasteiger partial charge in [0.15, 0.2) is 0 Å². The first-order valence-electron chi connectivity index (χ1n) is 8.82. The molecule has 0 aliphatic carbocycles. The van der Waals surface area contributed by atoms with Crippen molar-refractivity contribution in [3.8, 4) is 0 Å². The molecule has 0 aromatic carbocycles. The lowest BCUT2D eigenvalue weighted by Gasteiger charge is -2.43. The summed E-state index contributed by atoms with van der Waals surface area (Å²) in [6.45, 7) is 18.3. The van der Waals surface area contributed by atoms with Crippen LogP contribution in [0.2, 0.25) is 0 Å². The standard InChI is InChI=1S/C19H40N2O2/c1-17(2,3)15-19(7,18(4,5)6)16(22)23-14-10-11-20-12-13-21(8)9/h20H,10-15H2,1-9H3. The number of esters is 1. The van der Waals surface area contributed by atoms with E-state index in [-0.39, 0.29) is 16.8 Å². The molecule has 0 aliphatic rings. The van der Waals surface area contributed by atoms with Crippen molar-refractivity contribution in [3.63, 3.8) is 0 Å². The fourth-order valence-electron chi connectivity index (χ4n) is 2.65. The Hall–Kier alpha value is -0.610. The summed E-state index contributed by atoms with van der Waals surface area (Å²) in [4.78, 5) is 14.9. The predicted molar refractivity (Wildman–Crippen MR) is 98.6 cm³/mol. The van der Waals surface area contributed by atoms with Gasteiger partial charge in [-0.3, -0.25) is 4.79 Å². The first-order valence-corrected chi connectivity index (χ1v) is 8.82. The minimum Gasteiger partial charge on any atom is -0.465 e. The van der Waals surface area contributed by atoms with E-state index in [2.05, 4.69) is 72.8 Å². The van der Waals surface area contributed by atoms with E-state index in [1.165, 1.54) is 0 Å². The Morgan fingerprint density at radius 1 is 1.00 bits per heavy atom. The number of carbonyl (C=O) groups excluding carboxylic acids is 1. The smallest absolute Gasteiger partial charge is 0.312 e. The second-order valence-corrected chi connectivity index (χ2v) is 9.36. The van der Waals surface area contributed by atoms with Gasteiger partial charge in [0, 0.05) is 13.1 Å². The second-order valence-electron chi connectivity index (χ2n) is 9.36. The topological polar surface area (TPSA) is 41.6 Å². The van der Waals surface area contributed by atoms with E-state index in [1.54, 1.807) is 0 Å². The van der Waals surface area contributed by atoms with Crippen LogP contribution in [0.1, 0.15) is 61.3 Å². The fraction of sp³-hybridized carbons (Fsp3) is 0.947. The summed E-state index contributed by atoms with van der Waals surface area (Å²) in [5.74, 6) is -0.0618. The lowest BCUT2D eigenvalue weighted by molar-refractivity contribution is -0.164. The van der Waals surface area contributed by atoms with E-state index in [0.29, 0.717) is 6.61 Å². The van der Waals surface area contributed by atoms with Crippen molar-refractivity contribution >= 4 is 5.97 Å². The molecule has 0 saturated carbocycles. The van der Waals surface area contributed by atoms with Crippen LogP contribution in [0.4, 0.5) is 0 Å². The van der Waals surface area contributed by atoms with Gasteiger partial charge in [-0.2, -0.15) is 0 Å². The van der Waals surface area contributed by atoms with E-state index in [0.717, 1.165) is 32.5 Å².